The number of para-hydroxylation sites is 1. The van der Waals surface area contributed by atoms with Crippen LogP contribution in [-0.2, 0) is 56.1 Å². The fourth-order valence-corrected chi connectivity index (χ4v) is 7.79. The Hall–Kier alpha value is -4.69. The number of hydrogen-bond acceptors (Lipinski definition) is 14. The van der Waals surface area contributed by atoms with Gasteiger partial charge in [-0.2, -0.15) is 0 Å². The van der Waals surface area contributed by atoms with Crippen LogP contribution in [0, 0.1) is 0 Å². The van der Waals surface area contributed by atoms with E-state index < -0.39 is 16.7 Å². The number of likely N-dealkylation sites (N-methyl/N-ethyl adjacent to an activating group) is 1. The zero-order valence-electron chi connectivity index (χ0n) is 35.4. The molecule has 0 spiro atoms. The molecular formula is C41H61N9O9S. The van der Waals surface area contributed by atoms with Gasteiger partial charge in [0, 0.05) is 57.4 Å². The smallest absolute Gasteiger partial charge is 0.242 e. The van der Waals surface area contributed by atoms with Crippen LogP contribution in [0.1, 0.15) is 72.0 Å². The number of fused-ring (bicyclic) bond motifs is 3. The lowest BCUT2D eigenvalue weighted by Crippen LogP contribution is -2.47. The summed E-state index contributed by atoms with van der Waals surface area (Å²) in [4.78, 5) is 84.7. The van der Waals surface area contributed by atoms with E-state index >= 15 is 0 Å². The number of rotatable bonds is 28. The molecule has 5 amide bonds. The number of carbonyl (C=O) groups is 6. The van der Waals surface area contributed by atoms with Gasteiger partial charge < -0.3 is 45.8 Å². The number of imidazole rings is 1. The minimum Gasteiger partial charge on any atom is -0.382 e. The molecule has 0 aliphatic carbocycles. The summed E-state index contributed by atoms with van der Waals surface area (Å²) in [6.45, 7) is 10.2. The number of likely N-dealkylation sites (tertiary alicyclic amines) is 1. The highest BCUT2D eigenvalue weighted by Gasteiger charge is 2.39. The van der Waals surface area contributed by atoms with Crippen LogP contribution in [0.2, 0.25) is 0 Å². The van der Waals surface area contributed by atoms with Gasteiger partial charge in [0.25, 0.3) is 0 Å². The summed E-state index contributed by atoms with van der Waals surface area (Å²) in [7, 11) is 1.74. The number of Topliss-reactive ketones (excluding diaryl/α,β-unsaturated/α-hetero) is 1. The third-order valence-corrected chi connectivity index (χ3v) is 11.0. The number of unbranched alkanes of at least 4 members (excludes halogenated alkanes) is 1. The number of pyridine rings is 1. The fraction of sp³-hybridized carbons (Fsp3) is 0.610. The van der Waals surface area contributed by atoms with Gasteiger partial charge in [-0.05, 0) is 60.1 Å². The number of amides is 5. The lowest BCUT2D eigenvalue weighted by molar-refractivity contribution is -0.138. The third kappa shape index (κ3) is 14.5. The lowest BCUT2D eigenvalue weighted by Gasteiger charge is -2.28. The van der Waals surface area contributed by atoms with Gasteiger partial charge in [-0.3, -0.25) is 33.7 Å². The quantitative estimate of drug-likeness (QED) is 0.0518. The molecule has 2 aromatic heterocycles. The van der Waals surface area contributed by atoms with Crippen molar-refractivity contribution in [3.05, 3.63) is 30.1 Å². The molecule has 0 bridgehead atoms. The fourth-order valence-electron chi connectivity index (χ4n) is 6.80. The van der Waals surface area contributed by atoms with Crippen molar-refractivity contribution < 1.29 is 43.0 Å². The molecule has 2 unspecified atom stereocenters. The zero-order valence-corrected chi connectivity index (χ0v) is 36.3. The molecule has 0 radical (unpaired) electrons. The van der Waals surface area contributed by atoms with Crippen LogP contribution in [0.25, 0.3) is 21.9 Å². The molecule has 330 valence electrons. The second kappa shape index (κ2) is 23.9. The van der Waals surface area contributed by atoms with Gasteiger partial charge in [0.15, 0.2) is 5.82 Å². The maximum absolute atomic E-state index is 12.9. The molecule has 60 heavy (non-hydrogen) atoms. The van der Waals surface area contributed by atoms with E-state index in [1.54, 1.807) is 14.0 Å². The average Bonchev–Trinajstić information content (AvgIpc) is 3.70. The maximum atomic E-state index is 12.9. The number of hydrogen-bond donors (Lipinski definition) is 5. The molecule has 0 saturated carbocycles. The van der Waals surface area contributed by atoms with E-state index in [0.29, 0.717) is 43.3 Å². The first kappa shape index (κ1) is 48.0. The number of nitrogens with zero attached hydrogens (tertiary/aromatic N) is 4. The first-order chi connectivity index (χ1) is 28.7. The molecule has 6 N–H and O–H groups in total. The van der Waals surface area contributed by atoms with Crippen LogP contribution in [-0.4, -0.2) is 137 Å². The number of aromatic nitrogens is 3. The van der Waals surface area contributed by atoms with Crippen LogP contribution >= 0.6 is 11.8 Å². The molecule has 18 nitrogen and oxygen atoms in total. The Morgan fingerprint density at radius 3 is 2.42 bits per heavy atom. The molecular weight excluding hydrogens is 795 g/mol. The van der Waals surface area contributed by atoms with Crippen molar-refractivity contribution in [2.24, 2.45) is 0 Å². The van der Waals surface area contributed by atoms with E-state index in [2.05, 4.69) is 26.3 Å². The van der Waals surface area contributed by atoms with Gasteiger partial charge >= 0.3 is 0 Å². The van der Waals surface area contributed by atoms with E-state index in [-0.39, 0.29) is 107 Å². The Morgan fingerprint density at radius 1 is 0.950 bits per heavy atom. The number of imide groups is 1. The summed E-state index contributed by atoms with van der Waals surface area (Å²) in [5.74, 6) is -0.350. The Balaban J connectivity index is 1.06. The number of nitrogens with one attached hydrogen (secondary N) is 4. The third-order valence-electron chi connectivity index (χ3n) is 9.83. The number of nitrogen functional groups attached to an aromatic ring is 1. The normalized spacial score (nSPS) is 14.9. The number of carbonyl (C=O) groups excluding carboxylic acids is 6. The van der Waals surface area contributed by atoms with E-state index in [1.807, 2.05) is 49.6 Å². The molecule has 1 aliphatic heterocycles. The van der Waals surface area contributed by atoms with Crippen molar-refractivity contribution in [3.8, 4) is 0 Å². The molecule has 1 aliphatic rings. The summed E-state index contributed by atoms with van der Waals surface area (Å²) in [5.41, 5.74) is 7.84. The molecule has 2 atom stereocenters. The predicted molar refractivity (Wildman–Crippen MR) is 229 cm³/mol. The lowest BCUT2D eigenvalue weighted by atomic mass is 10.0. The number of thioether (sulfide) groups is 1. The van der Waals surface area contributed by atoms with E-state index in [9.17, 15) is 28.8 Å². The van der Waals surface area contributed by atoms with Gasteiger partial charge in [0.2, 0.25) is 29.5 Å². The number of ether oxygens (including phenoxy) is 3. The molecule has 1 saturated heterocycles. The maximum Gasteiger partial charge on any atom is 0.242 e. The number of ketones is 1. The van der Waals surface area contributed by atoms with Crippen LogP contribution in [0.3, 0.4) is 0 Å². The average molecular weight is 856 g/mol. The topological polar surface area (TPSA) is 238 Å². The second-order valence-electron chi connectivity index (χ2n) is 15.2. The monoisotopic (exact) mass is 855 g/mol. The number of benzene rings is 1. The molecule has 1 fully saturated rings. The standard InChI is InChI=1S/C41H61N9O9S/c1-6-57-24-32-47-37-38(28-11-7-8-13-30(28)46-39(37)42)50(32)26-41(3,4)48-34(53)15-19-58-21-22-59-20-17-45-33(52)14-18-49-36(55)23-31(40(49)56)60-25-35(54)44-16-10-9-12-29(43-5)27(2)51/h7-8,11,13,29,31,43H,6,9-10,12,14-26H2,1-5H3,(H2,42,46)(H,44,54)(H,45,52)(H,48,53). The first-order valence-electron chi connectivity index (χ1n) is 20.5. The molecule has 3 aromatic rings. The number of anilines is 1. The van der Waals surface area contributed by atoms with Crippen LogP contribution < -0.4 is 27.0 Å². The summed E-state index contributed by atoms with van der Waals surface area (Å²) in [6, 6.07) is 7.54. The minimum atomic E-state index is -0.663. The first-order valence-corrected chi connectivity index (χ1v) is 21.5. The highest BCUT2D eigenvalue weighted by atomic mass is 32.2. The minimum absolute atomic E-state index is 0.0141. The van der Waals surface area contributed by atoms with Crippen LogP contribution in [0.4, 0.5) is 5.82 Å². The van der Waals surface area contributed by atoms with Crippen LogP contribution in [0.5, 0.6) is 0 Å². The number of nitrogens with two attached hydrogens (primary N) is 1. The Kier molecular flexibility index (Phi) is 19.1. The van der Waals surface area contributed by atoms with Crippen LogP contribution in [0.15, 0.2) is 24.3 Å². The predicted octanol–water partition coefficient (Wildman–Crippen LogP) is 1.85. The Morgan fingerprint density at radius 2 is 1.68 bits per heavy atom. The summed E-state index contributed by atoms with van der Waals surface area (Å²) >= 11 is 1.11. The van der Waals surface area contributed by atoms with Gasteiger partial charge in [0.05, 0.1) is 60.0 Å². The van der Waals surface area contributed by atoms with Gasteiger partial charge in [-0.15, -0.1) is 11.8 Å². The van der Waals surface area contributed by atoms with Gasteiger partial charge in [-0.25, -0.2) is 9.97 Å². The van der Waals surface area contributed by atoms with Gasteiger partial charge in [0.1, 0.15) is 23.7 Å². The molecule has 3 heterocycles. The van der Waals surface area contributed by atoms with Gasteiger partial charge in [-0.1, -0.05) is 18.2 Å². The Labute approximate surface area is 355 Å². The zero-order chi connectivity index (χ0) is 43.7. The molecule has 1 aromatic carbocycles. The second-order valence-corrected chi connectivity index (χ2v) is 16.3. The van der Waals surface area contributed by atoms with Crippen molar-refractivity contribution in [1.29, 1.82) is 0 Å². The van der Waals surface area contributed by atoms with Crippen molar-refractivity contribution in [2.75, 3.05) is 71.2 Å². The highest BCUT2D eigenvalue weighted by molar-refractivity contribution is 8.01. The van der Waals surface area contributed by atoms with Crippen molar-refractivity contribution in [2.45, 2.75) is 96.2 Å². The molecule has 19 heteroatoms. The van der Waals surface area contributed by atoms with Crippen molar-refractivity contribution in [1.82, 2.24) is 40.7 Å². The SMILES string of the molecule is CCOCc1nc2c(N)nc3ccccc3c2n1CC(C)(C)NC(=O)CCOCCOCCNC(=O)CCN1C(=O)CC(SCC(=O)NCCCCC(NC)C(C)=O)C1=O. The van der Waals surface area contributed by atoms with Crippen molar-refractivity contribution in [3.63, 3.8) is 0 Å². The Bertz CT molecular complexity index is 1960. The van der Waals surface area contributed by atoms with E-state index in [4.69, 9.17) is 24.9 Å². The summed E-state index contributed by atoms with van der Waals surface area (Å²) < 4.78 is 18.9. The highest BCUT2D eigenvalue weighted by Crippen LogP contribution is 2.30. The molecule has 4 rings (SSSR count). The van der Waals surface area contributed by atoms with E-state index in [1.165, 1.54) is 0 Å². The largest absolute Gasteiger partial charge is 0.382 e. The summed E-state index contributed by atoms with van der Waals surface area (Å²) in [6.07, 6.45) is 2.28. The van der Waals surface area contributed by atoms with Crippen molar-refractivity contribution >= 4 is 74.8 Å². The summed E-state index contributed by atoms with van der Waals surface area (Å²) in [5, 5.41) is 11.8. The van der Waals surface area contributed by atoms with E-state index in [0.717, 1.165) is 45.9 Å².